The number of guanidine groups is 1. The van der Waals surface area contributed by atoms with Crippen molar-refractivity contribution in [2.75, 3.05) is 24.5 Å². The van der Waals surface area contributed by atoms with Gasteiger partial charge in [-0.05, 0) is 56.0 Å². The number of hydrogen-bond donors (Lipinski definition) is 2. The highest BCUT2D eigenvalue weighted by atomic mass is 15.2. The SMILES string of the molecule is CCNC(=NCc1ccn(C)c1)NC(C)c1cccc(N2CCCC2)c1. The molecule has 0 bridgehead atoms. The van der Waals surface area contributed by atoms with Gasteiger partial charge in [0, 0.05) is 44.8 Å². The summed E-state index contributed by atoms with van der Waals surface area (Å²) in [5, 5.41) is 6.89. The minimum atomic E-state index is 0.200. The topological polar surface area (TPSA) is 44.6 Å². The van der Waals surface area contributed by atoms with Gasteiger partial charge in [-0.3, -0.25) is 0 Å². The summed E-state index contributed by atoms with van der Waals surface area (Å²) in [6, 6.07) is 11.2. The number of aliphatic imine (C=N–C) groups is 1. The van der Waals surface area contributed by atoms with Crippen LogP contribution in [0, 0.1) is 0 Å². The van der Waals surface area contributed by atoms with Gasteiger partial charge in [0.1, 0.15) is 0 Å². The highest BCUT2D eigenvalue weighted by molar-refractivity contribution is 5.80. The predicted octanol–water partition coefficient (Wildman–Crippen LogP) is 3.44. The van der Waals surface area contributed by atoms with Crippen molar-refractivity contribution in [3.8, 4) is 0 Å². The number of rotatable bonds is 6. The van der Waals surface area contributed by atoms with E-state index in [4.69, 9.17) is 4.99 Å². The van der Waals surface area contributed by atoms with Gasteiger partial charge in [0.05, 0.1) is 12.6 Å². The maximum Gasteiger partial charge on any atom is 0.192 e. The molecule has 140 valence electrons. The Morgan fingerprint density at radius 1 is 1.23 bits per heavy atom. The third-order valence-corrected chi connectivity index (χ3v) is 4.85. The molecule has 5 heteroatoms. The first-order valence-electron chi connectivity index (χ1n) is 9.66. The smallest absolute Gasteiger partial charge is 0.192 e. The van der Waals surface area contributed by atoms with Gasteiger partial charge in [0.15, 0.2) is 5.96 Å². The molecule has 1 aromatic carbocycles. The van der Waals surface area contributed by atoms with Crippen molar-refractivity contribution in [1.29, 1.82) is 0 Å². The predicted molar refractivity (Wildman–Crippen MR) is 110 cm³/mol. The van der Waals surface area contributed by atoms with Crippen LogP contribution in [0.3, 0.4) is 0 Å². The normalized spacial score (nSPS) is 16.0. The molecule has 1 aliphatic rings. The molecule has 0 amide bonds. The lowest BCUT2D eigenvalue weighted by atomic mass is 10.1. The molecule has 2 heterocycles. The van der Waals surface area contributed by atoms with Gasteiger partial charge in [-0.15, -0.1) is 0 Å². The van der Waals surface area contributed by atoms with Crippen molar-refractivity contribution >= 4 is 11.6 Å². The Hall–Kier alpha value is -2.43. The van der Waals surface area contributed by atoms with Gasteiger partial charge in [0.2, 0.25) is 0 Å². The molecule has 1 atom stereocenters. The number of aromatic nitrogens is 1. The lowest BCUT2D eigenvalue weighted by molar-refractivity contribution is 0.686. The van der Waals surface area contributed by atoms with Crippen LogP contribution >= 0.6 is 0 Å². The summed E-state index contributed by atoms with van der Waals surface area (Å²) in [4.78, 5) is 7.21. The lowest BCUT2D eigenvalue weighted by Gasteiger charge is -2.22. The molecule has 5 nitrogen and oxygen atoms in total. The summed E-state index contributed by atoms with van der Waals surface area (Å²) in [5.41, 5.74) is 3.84. The molecular formula is C21H31N5. The monoisotopic (exact) mass is 353 g/mol. The van der Waals surface area contributed by atoms with Gasteiger partial charge in [-0.2, -0.15) is 0 Å². The van der Waals surface area contributed by atoms with Crippen LogP contribution in [0.4, 0.5) is 5.69 Å². The lowest BCUT2D eigenvalue weighted by Crippen LogP contribution is -2.38. The maximum absolute atomic E-state index is 4.73. The van der Waals surface area contributed by atoms with Crippen molar-refractivity contribution in [2.24, 2.45) is 12.0 Å². The van der Waals surface area contributed by atoms with Crippen molar-refractivity contribution < 1.29 is 0 Å². The molecule has 3 rings (SSSR count). The number of anilines is 1. The first-order chi connectivity index (χ1) is 12.7. The minimum Gasteiger partial charge on any atom is -0.372 e. The van der Waals surface area contributed by atoms with E-state index in [1.54, 1.807) is 0 Å². The van der Waals surface area contributed by atoms with Crippen molar-refractivity contribution in [1.82, 2.24) is 15.2 Å². The summed E-state index contributed by atoms with van der Waals surface area (Å²) in [6.07, 6.45) is 6.76. The summed E-state index contributed by atoms with van der Waals surface area (Å²) >= 11 is 0. The molecule has 0 aliphatic carbocycles. The second-order valence-corrected chi connectivity index (χ2v) is 7.04. The Labute approximate surface area is 157 Å². The molecule has 1 unspecified atom stereocenters. The number of hydrogen-bond acceptors (Lipinski definition) is 2. The number of nitrogens with one attached hydrogen (secondary N) is 2. The molecule has 2 aromatic rings. The van der Waals surface area contributed by atoms with Gasteiger partial charge < -0.3 is 20.1 Å². The molecule has 0 saturated carbocycles. The highest BCUT2D eigenvalue weighted by Crippen LogP contribution is 2.23. The van der Waals surface area contributed by atoms with Crippen LogP contribution in [0.15, 0.2) is 47.7 Å². The fourth-order valence-electron chi connectivity index (χ4n) is 3.40. The Kier molecular flexibility index (Phi) is 6.21. The third-order valence-electron chi connectivity index (χ3n) is 4.85. The number of benzene rings is 1. The molecule has 0 radical (unpaired) electrons. The molecule has 1 aromatic heterocycles. The first kappa shape index (κ1) is 18.4. The average molecular weight is 354 g/mol. The molecule has 1 saturated heterocycles. The van der Waals surface area contributed by atoms with E-state index < -0.39 is 0 Å². The second kappa shape index (κ2) is 8.79. The van der Waals surface area contributed by atoms with Gasteiger partial charge in [-0.1, -0.05) is 12.1 Å². The molecule has 0 spiro atoms. The molecule has 1 aliphatic heterocycles. The van der Waals surface area contributed by atoms with E-state index in [0.29, 0.717) is 6.54 Å². The van der Waals surface area contributed by atoms with E-state index in [-0.39, 0.29) is 6.04 Å². The first-order valence-corrected chi connectivity index (χ1v) is 9.66. The van der Waals surface area contributed by atoms with Gasteiger partial charge >= 0.3 is 0 Å². The standard InChI is InChI=1S/C21H31N5/c1-4-22-21(23-15-18-10-13-25(3)16-18)24-17(2)19-8-7-9-20(14-19)26-11-5-6-12-26/h7-10,13-14,16-17H,4-6,11-12,15H2,1-3H3,(H2,22,23,24). The summed E-state index contributed by atoms with van der Waals surface area (Å²) in [6.45, 7) is 8.16. The van der Waals surface area contributed by atoms with Crippen LogP contribution in [0.25, 0.3) is 0 Å². The largest absolute Gasteiger partial charge is 0.372 e. The fourth-order valence-corrected chi connectivity index (χ4v) is 3.40. The van der Waals surface area contributed by atoms with Gasteiger partial charge in [-0.25, -0.2) is 4.99 Å². The third kappa shape index (κ3) is 4.81. The van der Waals surface area contributed by atoms with E-state index >= 15 is 0 Å². The van der Waals surface area contributed by atoms with Crippen molar-refractivity contribution in [2.45, 2.75) is 39.3 Å². The van der Waals surface area contributed by atoms with E-state index in [1.165, 1.54) is 42.7 Å². The number of aryl methyl sites for hydroxylation is 1. The highest BCUT2D eigenvalue weighted by Gasteiger charge is 2.14. The van der Waals surface area contributed by atoms with Crippen molar-refractivity contribution in [3.05, 3.63) is 53.9 Å². The van der Waals surface area contributed by atoms with Crippen LogP contribution in [-0.4, -0.2) is 30.2 Å². The quantitative estimate of drug-likeness (QED) is 0.618. The minimum absolute atomic E-state index is 0.200. The molecule has 2 N–H and O–H groups in total. The van der Waals surface area contributed by atoms with Crippen LogP contribution in [-0.2, 0) is 13.6 Å². The van der Waals surface area contributed by atoms with E-state index in [0.717, 1.165) is 12.5 Å². The van der Waals surface area contributed by atoms with E-state index in [2.05, 4.69) is 76.7 Å². The average Bonchev–Trinajstić information content (AvgIpc) is 3.32. The molecule has 26 heavy (non-hydrogen) atoms. The van der Waals surface area contributed by atoms with E-state index in [1.807, 2.05) is 7.05 Å². The summed E-state index contributed by atoms with van der Waals surface area (Å²) < 4.78 is 2.05. The number of nitrogens with zero attached hydrogens (tertiary/aromatic N) is 3. The second-order valence-electron chi connectivity index (χ2n) is 7.04. The Morgan fingerprint density at radius 3 is 2.73 bits per heavy atom. The zero-order valence-electron chi connectivity index (χ0n) is 16.2. The van der Waals surface area contributed by atoms with E-state index in [9.17, 15) is 0 Å². The molecular weight excluding hydrogens is 322 g/mol. The van der Waals surface area contributed by atoms with Crippen LogP contribution in [0.2, 0.25) is 0 Å². The van der Waals surface area contributed by atoms with Crippen LogP contribution < -0.4 is 15.5 Å². The Balaban J connectivity index is 1.67. The zero-order valence-corrected chi connectivity index (χ0v) is 16.2. The fraction of sp³-hybridized carbons (Fsp3) is 0.476. The van der Waals surface area contributed by atoms with Crippen LogP contribution in [0.1, 0.15) is 43.9 Å². The maximum atomic E-state index is 4.73. The summed E-state index contributed by atoms with van der Waals surface area (Å²) in [7, 11) is 2.03. The zero-order chi connectivity index (χ0) is 18.4. The summed E-state index contributed by atoms with van der Waals surface area (Å²) in [5.74, 6) is 0.857. The Bertz CT molecular complexity index is 728. The van der Waals surface area contributed by atoms with Gasteiger partial charge in [0.25, 0.3) is 0 Å². The van der Waals surface area contributed by atoms with Crippen LogP contribution in [0.5, 0.6) is 0 Å². The van der Waals surface area contributed by atoms with Crippen molar-refractivity contribution in [3.63, 3.8) is 0 Å². The Morgan fingerprint density at radius 2 is 2.04 bits per heavy atom. The molecule has 1 fully saturated rings.